The van der Waals surface area contributed by atoms with Gasteiger partial charge in [0.25, 0.3) is 0 Å². The maximum atomic E-state index is 5.40. The van der Waals surface area contributed by atoms with Crippen LogP contribution in [0.25, 0.3) is 0 Å². The predicted molar refractivity (Wildman–Crippen MR) is 96.3 cm³/mol. The lowest BCUT2D eigenvalue weighted by atomic mass is 9.79. The average molecular weight is 310 g/mol. The van der Waals surface area contributed by atoms with Crippen molar-refractivity contribution in [3.05, 3.63) is 72.3 Å². The van der Waals surface area contributed by atoms with Crippen LogP contribution in [0, 0.1) is 5.41 Å². The zero-order valence-corrected chi connectivity index (χ0v) is 14.3. The quantitative estimate of drug-likeness (QED) is 0.634. The van der Waals surface area contributed by atoms with Gasteiger partial charge >= 0.3 is 0 Å². The molecule has 0 radical (unpaired) electrons. The van der Waals surface area contributed by atoms with Gasteiger partial charge in [-0.15, -0.1) is 6.58 Å². The second kappa shape index (κ2) is 7.87. The molecule has 0 aliphatic rings. The van der Waals surface area contributed by atoms with Crippen LogP contribution in [0.5, 0.6) is 11.5 Å². The molecule has 122 valence electrons. The van der Waals surface area contributed by atoms with Crippen LogP contribution >= 0.6 is 0 Å². The minimum Gasteiger partial charge on any atom is -0.493 e. The van der Waals surface area contributed by atoms with Crippen molar-refractivity contribution in [2.45, 2.75) is 26.2 Å². The Balaban J connectivity index is 2.09. The molecule has 2 aromatic carbocycles. The Bertz CT molecular complexity index is 634. The Morgan fingerprint density at radius 2 is 1.65 bits per heavy atom. The summed E-state index contributed by atoms with van der Waals surface area (Å²) in [5, 5.41) is 0. The number of methoxy groups -OCH3 is 2. The topological polar surface area (TPSA) is 18.5 Å². The van der Waals surface area contributed by atoms with Crippen molar-refractivity contribution < 1.29 is 9.47 Å². The fourth-order valence-corrected chi connectivity index (χ4v) is 2.79. The zero-order valence-electron chi connectivity index (χ0n) is 14.3. The number of hydrogen-bond acceptors (Lipinski definition) is 2. The van der Waals surface area contributed by atoms with Crippen molar-refractivity contribution in [2.24, 2.45) is 5.41 Å². The normalized spacial score (nSPS) is 13.2. The van der Waals surface area contributed by atoms with Crippen molar-refractivity contribution in [1.82, 2.24) is 0 Å². The summed E-state index contributed by atoms with van der Waals surface area (Å²) >= 11 is 0. The fraction of sp³-hybridized carbons (Fsp3) is 0.333. The Hall–Kier alpha value is -2.22. The van der Waals surface area contributed by atoms with E-state index in [1.54, 1.807) is 14.2 Å². The van der Waals surface area contributed by atoms with E-state index in [2.05, 4.69) is 62.0 Å². The van der Waals surface area contributed by atoms with Gasteiger partial charge in [-0.25, -0.2) is 0 Å². The largest absolute Gasteiger partial charge is 0.493 e. The Kier molecular flexibility index (Phi) is 5.86. The first-order chi connectivity index (χ1) is 11.1. The van der Waals surface area contributed by atoms with Gasteiger partial charge in [0.1, 0.15) is 0 Å². The van der Waals surface area contributed by atoms with E-state index in [4.69, 9.17) is 9.47 Å². The first-order valence-electron chi connectivity index (χ1n) is 7.98. The molecule has 2 nitrogen and oxygen atoms in total. The highest BCUT2D eigenvalue weighted by atomic mass is 16.5. The molecule has 0 bridgehead atoms. The number of aryl methyl sites for hydroxylation is 1. The van der Waals surface area contributed by atoms with Crippen molar-refractivity contribution >= 4 is 0 Å². The first kappa shape index (κ1) is 17.1. The molecule has 0 saturated heterocycles. The molecule has 0 unspecified atom stereocenters. The van der Waals surface area contributed by atoms with E-state index in [1.165, 1.54) is 11.1 Å². The van der Waals surface area contributed by atoms with Crippen LogP contribution in [0.3, 0.4) is 0 Å². The number of allylic oxidation sites excluding steroid dienone is 1. The van der Waals surface area contributed by atoms with Gasteiger partial charge in [-0.3, -0.25) is 0 Å². The smallest absolute Gasteiger partial charge is 0.160 e. The summed E-state index contributed by atoms with van der Waals surface area (Å²) in [6.07, 6.45) is 5.13. The predicted octanol–water partition coefficient (Wildman–Crippen LogP) is 5.07. The molecule has 1 atom stereocenters. The van der Waals surface area contributed by atoms with E-state index in [0.717, 1.165) is 30.8 Å². The Morgan fingerprint density at radius 1 is 0.957 bits per heavy atom. The average Bonchev–Trinajstić information content (AvgIpc) is 2.61. The van der Waals surface area contributed by atoms with Crippen molar-refractivity contribution in [2.75, 3.05) is 14.2 Å². The number of hydrogen-bond donors (Lipinski definition) is 0. The van der Waals surface area contributed by atoms with Crippen molar-refractivity contribution in [3.63, 3.8) is 0 Å². The summed E-state index contributed by atoms with van der Waals surface area (Å²) in [4.78, 5) is 0. The van der Waals surface area contributed by atoms with Crippen LogP contribution < -0.4 is 9.47 Å². The van der Waals surface area contributed by atoms with Gasteiger partial charge in [-0.2, -0.15) is 0 Å². The third-order valence-electron chi connectivity index (χ3n) is 4.38. The molecule has 0 N–H and O–H groups in total. The molecule has 0 saturated carbocycles. The maximum absolute atomic E-state index is 5.40. The van der Waals surface area contributed by atoms with Crippen LogP contribution in [-0.2, 0) is 12.8 Å². The van der Waals surface area contributed by atoms with E-state index in [-0.39, 0.29) is 5.41 Å². The summed E-state index contributed by atoms with van der Waals surface area (Å²) in [7, 11) is 3.33. The third-order valence-corrected chi connectivity index (χ3v) is 4.38. The highest BCUT2D eigenvalue weighted by molar-refractivity contribution is 5.43. The van der Waals surface area contributed by atoms with Gasteiger partial charge in [0.2, 0.25) is 0 Å². The Labute approximate surface area is 139 Å². The van der Waals surface area contributed by atoms with Crippen LogP contribution in [0.4, 0.5) is 0 Å². The van der Waals surface area contributed by atoms with Crippen LogP contribution in [0.2, 0.25) is 0 Å². The minimum absolute atomic E-state index is 0.0510. The molecule has 2 heteroatoms. The van der Waals surface area contributed by atoms with E-state index in [9.17, 15) is 0 Å². The highest BCUT2D eigenvalue weighted by Gasteiger charge is 2.21. The number of benzene rings is 2. The van der Waals surface area contributed by atoms with E-state index in [0.29, 0.717) is 0 Å². The molecule has 2 rings (SSSR count). The molecule has 0 aliphatic carbocycles. The van der Waals surface area contributed by atoms with Crippen LogP contribution in [-0.4, -0.2) is 14.2 Å². The van der Waals surface area contributed by atoms with Gasteiger partial charge in [0, 0.05) is 0 Å². The van der Waals surface area contributed by atoms with Crippen molar-refractivity contribution in [1.29, 1.82) is 0 Å². The van der Waals surface area contributed by atoms with Gasteiger partial charge in [0.05, 0.1) is 14.2 Å². The second-order valence-electron chi connectivity index (χ2n) is 6.21. The molecule has 23 heavy (non-hydrogen) atoms. The summed E-state index contributed by atoms with van der Waals surface area (Å²) in [6.45, 7) is 6.33. The minimum atomic E-state index is 0.0510. The summed E-state index contributed by atoms with van der Waals surface area (Å²) < 4.78 is 10.7. The third kappa shape index (κ3) is 4.62. The maximum Gasteiger partial charge on any atom is 0.160 e. The van der Waals surface area contributed by atoms with E-state index >= 15 is 0 Å². The number of rotatable bonds is 8. The highest BCUT2D eigenvalue weighted by Crippen LogP contribution is 2.33. The molecule has 0 spiro atoms. The fourth-order valence-electron chi connectivity index (χ4n) is 2.79. The summed E-state index contributed by atoms with van der Waals surface area (Å²) in [5.41, 5.74) is 2.65. The second-order valence-corrected chi connectivity index (χ2v) is 6.21. The lowest BCUT2D eigenvalue weighted by Crippen LogP contribution is -2.17. The zero-order chi connectivity index (χ0) is 16.7. The molecule has 0 aliphatic heterocycles. The molecule has 0 amide bonds. The summed E-state index contributed by atoms with van der Waals surface area (Å²) in [5.74, 6) is 1.54. The van der Waals surface area contributed by atoms with Gasteiger partial charge < -0.3 is 9.47 Å². The molecule has 0 aromatic heterocycles. The van der Waals surface area contributed by atoms with E-state index < -0.39 is 0 Å². The lowest BCUT2D eigenvalue weighted by molar-refractivity contribution is 0.352. The monoisotopic (exact) mass is 310 g/mol. The molecule has 2 aromatic rings. The standard InChI is InChI=1S/C21H26O2/c1-5-21(2,14-13-17-9-7-6-8-10-17)16-18-11-12-19(22-3)20(15-18)23-4/h5-12,15H,1,13-14,16H2,2-4H3/t21-/m0/s1. The lowest BCUT2D eigenvalue weighted by Gasteiger charge is -2.26. The van der Waals surface area contributed by atoms with Gasteiger partial charge in [0.15, 0.2) is 11.5 Å². The molecular formula is C21H26O2. The van der Waals surface area contributed by atoms with Gasteiger partial charge in [-0.1, -0.05) is 49.4 Å². The molecular weight excluding hydrogens is 284 g/mol. The Morgan fingerprint density at radius 3 is 2.26 bits per heavy atom. The first-order valence-corrected chi connectivity index (χ1v) is 7.98. The summed E-state index contributed by atoms with van der Waals surface area (Å²) in [6, 6.07) is 16.7. The van der Waals surface area contributed by atoms with Gasteiger partial charge in [-0.05, 0) is 47.9 Å². The van der Waals surface area contributed by atoms with Crippen LogP contribution in [0.1, 0.15) is 24.5 Å². The van der Waals surface area contributed by atoms with Crippen molar-refractivity contribution in [3.8, 4) is 11.5 Å². The van der Waals surface area contributed by atoms with Crippen LogP contribution in [0.15, 0.2) is 61.2 Å². The number of ether oxygens (including phenoxy) is 2. The SMILES string of the molecule is C=C[C@@](C)(CCc1ccccc1)Cc1ccc(OC)c(OC)c1. The van der Waals surface area contributed by atoms with E-state index in [1.807, 2.05) is 6.07 Å². The molecule has 0 heterocycles. The molecule has 0 fully saturated rings.